The van der Waals surface area contributed by atoms with Gasteiger partial charge in [0.05, 0.1) is 12.1 Å². The van der Waals surface area contributed by atoms with Crippen LogP contribution >= 0.6 is 11.8 Å². The van der Waals surface area contributed by atoms with Crippen molar-refractivity contribution in [3.63, 3.8) is 0 Å². The first kappa shape index (κ1) is 11.5. The minimum absolute atomic E-state index is 0.132. The monoisotopic (exact) mass is 215 g/mol. The first-order chi connectivity index (χ1) is 6.56. The van der Waals surface area contributed by atoms with Gasteiger partial charge in [-0.05, 0) is 13.3 Å². The normalized spacial score (nSPS) is 20.1. The Morgan fingerprint density at radius 3 is 3.00 bits per heavy atom. The Hall–Kier alpha value is -0.550. The van der Waals surface area contributed by atoms with Gasteiger partial charge in [0, 0.05) is 5.75 Å². The topological polar surface area (TPSA) is 67.5 Å². The molecule has 0 aromatic rings. The average molecular weight is 215 g/mol. The lowest BCUT2D eigenvalue weighted by Gasteiger charge is -2.22. The van der Waals surface area contributed by atoms with Crippen LogP contribution in [-0.2, 0) is 4.79 Å². The molecule has 0 aromatic heterocycles. The highest BCUT2D eigenvalue weighted by Gasteiger charge is 2.28. The van der Waals surface area contributed by atoms with Crippen molar-refractivity contribution in [2.24, 2.45) is 10.7 Å². The first-order valence-electron chi connectivity index (χ1n) is 4.84. The van der Waals surface area contributed by atoms with Crippen LogP contribution in [0, 0.1) is 0 Å². The zero-order valence-electron chi connectivity index (χ0n) is 8.67. The van der Waals surface area contributed by atoms with E-state index >= 15 is 0 Å². The Morgan fingerprint density at radius 2 is 2.50 bits per heavy atom. The fourth-order valence-corrected chi connectivity index (χ4v) is 2.01. The van der Waals surface area contributed by atoms with Gasteiger partial charge in [-0.25, -0.2) is 0 Å². The molecule has 1 heterocycles. The van der Waals surface area contributed by atoms with Crippen LogP contribution in [0.25, 0.3) is 0 Å². The number of nitrogens with one attached hydrogen (secondary N) is 1. The lowest BCUT2D eigenvalue weighted by atomic mass is 9.97. The van der Waals surface area contributed by atoms with E-state index in [1.807, 2.05) is 6.92 Å². The fourth-order valence-electron chi connectivity index (χ4n) is 1.28. The lowest BCUT2D eigenvalue weighted by Crippen LogP contribution is -2.52. The van der Waals surface area contributed by atoms with Crippen molar-refractivity contribution in [3.8, 4) is 0 Å². The Labute approximate surface area is 88.7 Å². The first-order valence-corrected chi connectivity index (χ1v) is 5.82. The SMILES string of the molecule is CCCC(C)(N)C(=O)NC1=NCCS1. The Bertz CT molecular complexity index is 250. The third-order valence-corrected chi connectivity index (χ3v) is 2.99. The number of hydrogen-bond acceptors (Lipinski definition) is 4. The molecule has 0 saturated heterocycles. The summed E-state index contributed by atoms with van der Waals surface area (Å²) >= 11 is 1.57. The average Bonchev–Trinajstić information content (AvgIpc) is 2.56. The zero-order chi connectivity index (χ0) is 10.6. The summed E-state index contributed by atoms with van der Waals surface area (Å²) in [5, 5.41) is 3.46. The van der Waals surface area contributed by atoms with Crippen LogP contribution in [0.3, 0.4) is 0 Å². The summed E-state index contributed by atoms with van der Waals surface area (Å²) in [6.07, 6.45) is 1.59. The number of amides is 1. The molecule has 0 saturated carbocycles. The highest BCUT2D eigenvalue weighted by atomic mass is 32.2. The van der Waals surface area contributed by atoms with E-state index in [1.54, 1.807) is 18.7 Å². The van der Waals surface area contributed by atoms with E-state index in [-0.39, 0.29) is 5.91 Å². The number of carbonyl (C=O) groups excluding carboxylic acids is 1. The van der Waals surface area contributed by atoms with Gasteiger partial charge in [0.15, 0.2) is 5.17 Å². The summed E-state index contributed by atoms with van der Waals surface area (Å²) in [6.45, 7) is 4.56. The number of hydrogen-bond donors (Lipinski definition) is 2. The van der Waals surface area contributed by atoms with Crippen LogP contribution in [0.5, 0.6) is 0 Å². The van der Waals surface area contributed by atoms with Crippen LogP contribution in [0.2, 0.25) is 0 Å². The second-order valence-electron chi connectivity index (χ2n) is 3.66. The summed E-state index contributed by atoms with van der Waals surface area (Å²) in [7, 11) is 0. The number of thioether (sulfide) groups is 1. The van der Waals surface area contributed by atoms with E-state index in [0.717, 1.165) is 18.7 Å². The molecule has 0 aromatic carbocycles. The molecule has 14 heavy (non-hydrogen) atoms. The summed E-state index contributed by atoms with van der Waals surface area (Å²) < 4.78 is 0. The molecule has 80 valence electrons. The van der Waals surface area contributed by atoms with E-state index in [0.29, 0.717) is 11.6 Å². The van der Waals surface area contributed by atoms with E-state index < -0.39 is 5.54 Å². The van der Waals surface area contributed by atoms with E-state index in [4.69, 9.17) is 5.73 Å². The molecule has 1 rings (SSSR count). The maximum Gasteiger partial charge on any atom is 0.245 e. The highest BCUT2D eigenvalue weighted by Crippen LogP contribution is 2.12. The molecule has 1 atom stereocenters. The predicted octanol–water partition coefficient (Wildman–Crippen LogP) is 0.723. The molecule has 1 unspecified atom stereocenters. The number of rotatable bonds is 3. The molecule has 0 bridgehead atoms. The maximum atomic E-state index is 11.7. The molecule has 3 N–H and O–H groups in total. The molecule has 0 aliphatic carbocycles. The largest absolute Gasteiger partial charge is 0.318 e. The van der Waals surface area contributed by atoms with E-state index in [9.17, 15) is 4.79 Å². The highest BCUT2D eigenvalue weighted by molar-refractivity contribution is 8.14. The smallest absolute Gasteiger partial charge is 0.245 e. The molecular formula is C9H17N3OS. The van der Waals surface area contributed by atoms with Gasteiger partial charge in [0.25, 0.3) is 0 Å². The van der Waals surface area contributed by atoms with Crippen molar-refractivity contribution in [1.82, 2.24) is 5.32 Å². The van der Waals surface area contributed by atoms with Crippen molar-refractivity contribution in [1.29, 1.82) is 0 Å². The Balaban J connectivity index is 2.47. The Morgan fingerprint density at radius 1 is 1.79 bits per heavy atom. The second kappa shape index (κ2) is 4.79. The molecule has 4 nitrogen and oxygen atoms in total. The van der Waals surface area contributed by atoms with Gasteiger partial charge < -0.3 is 11.1 Å². The van der Waals surface area contributed by atoms with Crippen LogP contribution in [-0.4, -0.2) is 28.9 Å². The third-order valence-electron chi connectivity index (χ3n) is 2.09. The van der Waals surface area contributed by atoms with Crippen LogP contribution in [0.1, 0.15) is 26.7 Å². The number of aliphatic imine (C=N–C) groups is 1. The van der Waals surface area contributed by atoms with Crippen LogP contribution < -0.4 is 11.1 Å². The fraction of sp³-hybridized carbons (Fsp3) is 0.778. The van der Waals surface area contributed by atoms with Crippen molar-refractivity contribution < 1.29 is 4.79 Å². The van der Waals surface area contributed by atoms with Crippen molar-refractivity contribution in [2.45, 2.75) is 32.2 Å². The van der Waals surface area contributed by atoms with Crippen LogP contribution in [0.15, 0.2) is 4.99 Å². The summed E-state index contributed by atoms with van der Waals surface area (Å²) in [4.78, 5) is 15.8. The maximum absolute atomic E-state index is 11.7. The summed E-state index contributed by atoms with van der Waals surface area (Å²) in [5.74, 6) is 0.817. The van der Waals surface area contributed by atoms with Crippen LogP contribution in [0.4, 0.5) is 0 Å². The number of nitrogens with zero attached hydrogens (tertiary/aromatic N) is 1. The van der Waals surface area contributed by atoms with Gasteiger partial charge in [-0.15, -0.1) is 0 Å². The van der Waals surface area contributed by atoms with Gasteiger partial charge in [0.1, 0.15) is 0 Å². The van der Waals surface area contributed by atoms with Gasteiger partial charge in [-0.2, -0.15) is 0 Å². The van der Waals surface area contributed by atoms with E-state index in [2.05, 4.69) is 10.3 Å². The quantitative estimate of drug-likeness (QED) is 0.729. The molecular weight excluding hydrogens is 198 g/mol. The number of carbonyl (C=O) groups is 1. The number of amidine groups is 1. The number of nitrogens with two attached hydrogens (primary N) is 1. The third kappa shape index (κ3) is 2.99. The minimum atomic E-state index is -0.777. The van der Waals surface area contributed by atoms with Crippen molar-refractivity contribution >= 4 is 22.8 Å². The van der Waals surface area contributed by atoms with E-state index in [1.165, 1.54) is 0 Å². The predicted molar refractivity (Wildman–Crippen MR) is 60.4 cm³/mol. The molecule has 0 fully saturated rings. The van der Waals surface area contributed by atoms with Crippen molar-refractivity contribution in [3.05, 3.63) is 0 Å². The lowest BCUT2D eigenvalue weighted by molar-refractivity contribution is -0.124. The molecule has 5 heteroatoms. The zero-order valence-corrected chi connectivity index (χ0v) is 9.49. The minimum Gasteiger partial charge on any atom is -0.318 e. The molecule has 0 radical (unpaired) electrons. The summed E-state index contributed by atoms with van der Waals surface area (Å²) in [5.41, 5.74) is 5.10. The van der Waals surface area contributed by atoms with Gasteiger partial charge >= 0.3 is 0 Å². The Kier molecular flexibility index (Phi) is 3.95. The molecule has 1 amide bonds. The van der Waals surface area contributed by atoms with Gasteiger partial charge in [0.2, 0.25) is 5.91 Å². The molecule has 1 aliphatic rings. The van der Waals surface area contributed by atoms with Crippen molar-refractivity contribution in [2.75, 3.05) is 12.3 Å². The molecule has 1 aliphatic heterocycles. The van der Waals surface area contributed by atoms with Gasteiger partial charge in [-0.1, -0.05) is 25.1 Å². The second-order valence-corrected chi connectivity index (χ2v) is 4.74. The summed E-state index contributed by atoms with van der Waals surface area (Å²) in [6, 6.07) is 0. The molecule has 0 spiro atoms. The standard InChI is InChI=1S/C9H17N3OS/c1-3-4-9(2,10)7(13)12-8-11-5-6-14-8/h3-6,10H2,1-2H3,(H,11,12,13). The van der Waals surface area contributed by atoms with Gasteiger partial charge in [-0.3, -0.25) is 9.79 Å².